The summed E-state index contributed by atoms with van der Waals surface area (Å²) >= 11 is 0. The predicted octanol–water partition coefficient (Wildman–Crippen LogP) is 5.24. The van der Waals surface area contributed by atoms with Gasteiger partial charge >= 0.3 is 6.18 Å². The molecular formula is C21H18F3N3O2. The Morgan fingerprint density at radius 2 is 1.93 bits per heavy atom. The third kappa shape index (κ3) is 4.71. The largest absolute Gasteiger partial charge is 0.416 e. The molecular weight excluding hydrogens is 383 g/mol. The Hall–Kier alpha value is -3.42. The minimum Gasteiger partial charge on any atom is -0.380 e. The number of aryl methyl sites for hydroxylation is 2. The molecule has 0 saturated carbocycles. The number of rotatable bonds is 6. The fourth-order valence-corrected chi connectivity index (χ4v) is 2.84. The molecule has 8 heteroatoms. The highest BCUT2D eigenvalue weighted by Gasteiger charge is 2.30. The van der Waals surface area contributed by atoms with Gasteiger partial charge in [0.2, 0.25) is 0 Å². The Kier molecular flexibility index (Phi) is 5.81. The summed E-state index contributed by atoms with van der Waals surface area (Å²) in [7, 11) is 0. The number of nitrogens with one attached hydrogen (secondary N) is 1. The quantitative estimate of drug-likeness (QED) is 0.453. The zero-order valence-corrected chi connectivity index (χ0v) is 15.7. The van der Waals surface area contributed by atoms with E-state index >= 15 is 0 Å². The molecule has 2 aromatic carbocycles. The highest BCUT2D eigenvalue weighted by atomic mass is 19.4. The number of aldehydes is 1. The van der Waals surface area contributed by atoms with Gasteiger partial charge in [-0.25, -0.2) is 4.99 Å². The van der Waals surface area contributed by atoms with Gasteiger partial charge in [-0.05, 0) is 38.1 Å². The fraction of sp³-hybridized carbons (Fsp3) is 0.190. The second kappa shape index (κ2) is 8.30. The first-order valence-electron chi connectivity index (χ1n) is 8.75. The number of benzene rings is 2. The van der Waals surface area contributed by atoms with Crippen LogP contribution in [0.3, 0.4) is 0 Å². The molecule has 29 heavy (non-hydrogen) atoms. The van der Waals surface area contributed by atoms with Crippen molar-refractivity contribution in [3.63, 3.8) is 0 Å². The SMILES string of the molecule is Cc1noc(C)c1CNc1ccccc1C(C=O)=Nc1cccc(C(F)(F)F)c1. The number of para-hydroxylation sites is 1. The average Bonchev–Trinajstić information content (AvgIpc) is 3.02. The van der Waals surface area contributed by atoms with E-state index in [0.717, 1.165) is 23.4 Å². The smallest absolute Gasteiger partial charge is 0.380 e. The normalized spacial score (nSPS) is 12.1. The summed E-state index contributed by atoms with van der Waals surface area (Å²) in [5, 5.41) is 7.11. The minimum atomic E-state index is -4.49. The number of aromatic nitrogens is 1. The van der Waals surface area contributed by atoms with Gasteiger partial charge in [-0.2, -0.15) is 13.2 Å². The summed E-state index contributed by atoms with van der Waals surface area (Å²) < 4.78 is 43.9. The molecule has 0 bridgehead atoms. The third-order valence-electron chi connectivity index (χ3n) is 4.37. The highest BCUT2D eigenvalue weighted by Crippen LogP contribution is 2.31. The topological polar surface area (TPSA) is 67.5 Å². The van der Waals surface area contributed by atoms with Crippen LogP contribution in [0.1, 0.15) is 28.1 Å². The molecule has 3 rings (SSSR count). The van der Waals surface area contributed by atoms with E-state index in [1.54, 1.807) is 31.2 Å². The Morgan fingerprint density at radius 1 is 1.17 bits per heavy atom. The van der Waals surface area contributed by atoms with Crippen LogP contribution in [0.2, 0.25) is 0 Å². The van der Waals surface area contributed by atoms with E-state index in [9.17, 15) is 18.0 Å². The van der Waals surface area contributed by atoms with Crippen molar-refractivity contribution in [1.82, 2.24) is 5.16 Å². The van der Waals surface area contributed by atoms with Gasteiger partial charge in [0.15, 0.2) is 6.29 Å². The number of hydrogen-bond donors (Lipinski definition) is 1. The monoisotopic (exact) mass is 401 g/mol. The van der Waals surface area contributed by atoms with Crippen molar-refractivity contribution in [2.45, 2.75) is 26.6 Å². The molecule has 150 valence electrons. The second-order valence-corrected chi connectivity index (χ2v) is 6.36. The first kappa shape index (κ1) is 20.3. The number of nitrogens with zero attached hydrogens (tertiary/aromatic N) is 2. The van der Waals surface area contributed by atoms with E-state index < -0.39 is 11.7 Å². The number of hydrogen-bond acceptors (Lipinski definition) is 5. The van der Waals surface area contributed by atoms with Crippen LogP contribution in [-0.4, -0.2) is 17.2 Å². The molecule has 0 unspecified atom stereocenters. The minimum absolute atomic E-state index is 0.0196. The van der Waals surface area contributed by atoms with Gasteiger partial charge in [0.25, 0.3) is 0 Å². The molecule has 0 fully saturated rings. The molecule has 0 aliphatic heterocycles. The molecule has 1 N–H and O–H groups in total. The zero-order chi connectivity index (χ0) is 21.0. The van der Waals surface area contributed by atoms with Crippen LogP contribution in [0.15, 0.2) is 58.0 Å². The van der Waals surface area contributed by atoms with Gasteiger partial charge < -0.3 is 9.84 Å². The van der Waals surface area contributed by atoms with Gasteiger partial charge in [0, 0.05) is 23.4 Å². The second-order valence-electron chi connectivity index (χ2n) is 6.36. The van der Waals surface area contributed by atoms with E-state index in [-0.39, 0.29) is 11.4 Å². The summed E-state index contributed by atoms with van der Waals surface area (Å²) in [6.07, 6.45) is -3.96. The number of anilines is 1. The maximum absolute atomic E-state index is 12.9. The van der Waals surface area contributed by atoms with E-state index in [1.165, 1.54) is 12.1 Å². The predicted molar refractivity (Wildman–Crippen MR) is 103 cm³/mol. The lowest BCUT2D eigenvalue weighted by Gasteiger charge is -2.12. The van der Waals surface area contributed by atoms with Crippen molar-refractivity contribution in [2.75, 3.05) is 5.32 Å². The lowest BCUT2D eigenvalue weighted by Crippen LogP contribution is -2.09. The van der Waals surface area contributed by atoms with Crippen LogP contribution in [0.5, 0.6) is 0 Å². The van der Waals surface area contributed by atoms with E-state index in [4.69, 9.17) is 4.52 Å². The molecule has 5 nitrogen and oxygen atoms in total. The van der Waals surface area contributed by atoms with Crippen molar-refractivity contribution in [2.24, 2.45) is 4.99 Å². The Morgan fingerprint density at radius 3 is 2.59 bits per heavy atom. The van der Waals surface area contributed by atoms with Crippen LogP contribution in [0.4, 0.5) is 24.5 Å². The van der Waals surface area contributed by atoms with Crippen molar-refractivity contribution in [3.8, 4) is 0 Å². The number of halogens is 3. The summed E-state index contributed by atoms with van der Waals surface area (Å²) in [6, 6.07) is 11.5. The Labute approximate surface area is 165 Å². The Bertz CT molecular complexity index is 1040. The van der Waals surface area contributed by atoms with Crippen LogP contribution in [-0.2, 0) is 17.5 Å². The number of aliphatic imine (C=N–C) groups is 1. The first-order valence-corrected chi connectivity index (χ1v) is 8.75. The Balaban J connectivity index is 1.93. The first-order chi connectivity index (χ1) is 13.8. The third-order valence-corrected chi connectivity index (χ3v) is 4.37. The van der Waals surface area contributed by atoms with Gasteiger partial charge in [0.1, 0.15) is 11.5 Å². The van der Waals surface area contributed by atoms with Crippen LogP contribution >= 0.6 is 0 Å². The average molecular weight is 401 g/mol. The summed E-state index contributed by atoms with van der Waals surface area (Å²) in [5.74, 6) is 0.681. The van der Waals surface area contributed by atoms with Gasteiger partial charge in [-0.3, -0.25) is 4.79 Å². The molecule has 0 amide bonds. The maximum Gasteiger partial charge on any atom is 0.416 e. The molecule has 0 spiro atoms. The van der Waals surface area contributed by atoms with Crippen molar-refractivity contribution < 1.29 is 22.5 Å². The molecule has 1 aromatic heterocycles. The van der Waals surface area contributed by atoms with Crippen molar-refractivity contribution >= 4 is 23.4 Å². The fourth-order valence-electron chi connectivity index (χ4n) is 2.84. The lowest BCUT2D eigenvalue weighted by molar-refractivity contribution is -0.137. The molecule has 3 aromatic rings. The molecule has 0 aliphatic carbocycles. The van der Waals surface area contributed by atoms with E-state index in [0.29, 0.717) is 29.8 Å². The highest BCUT2D eigenvalue weighted by molar-refractivity contribution is 6.38. The summed E-state index contributed by atoms with van der Waals surface area (Å²) in [5.41, 5.74) is 1.97. The lowest BCUT2D eigenvalue weighted by atomic mass is 10.1. The number of alkyl halides is 3. The van der Waals surface area contributed by atoms with Crippen molar-refractivity contribution in [3.05, 3.63) is 76.7 Å². The number of carbonyl (C=O) groups is 1. The van der Waals surface area contributed by atoms with Crippen LogP contribution in [0.25, 0.3) is 0 Å². The van der Waals surface area contributed by atoms with Gasteiger partial charge in [-0.15, -0.1) is 0 Å². The van der Waals surface area contributed by atoms with Gasteiger partial charge in [-0.1, -0.05) is 29.4 Å². The molecule has 0 radical (unpaired) electrons. The molecule has 0 aliphatic rings. The van der Waals surface area contributed by atoms with Crippen molar-refractivity contribution in [1.29, 1.82) is 0 Å². The zero-order valence-electron chi connectivity index (χ0n) is 15.7. The van der Waals surface area contributed by atoms with Crippen LogP contribution < -0.4 is 5.32 Å². The summed E-state index contributed by atoms with van der Waals surface area (Å²) in [4.78, 5) is 15.8. The van der Waals surface area contributed by atoms with Gasteiger partial charge in [0.05, 0.1) is 16.9 Å². The summed E-state index contributed by atoms with van der Waals surface area (Å²) in [6.45, 7) is 4.04. The van der Waals surface area contributed by atoms with Crippen LogP contribution in [0, 0.1) is 13.8 Å². The maximum atomic E-state index is 12.9. The van der Waals surface area contributed by atoms with E-state index in [2.05, 4.69) is 15.5 Å². The standard InChI is InChI=1S/C21H18F3N3O2/c1-13-18(14(2)29-27-13)11-25-19-9-4-3-8-17(19)20(12-28)26-16-7-5-6-15(10-16)21(22,23)24/h3-10,12,25H,11H2,1-2H3. The molecule has 1 heterocycles. The van der Waals surface area contributed by atoms with E-state index in [1.807, 2.05) is 6.92 Å². The number of carbonyl (C=O) groups excluding carboxylic acids is 1. The molecule has 0 saturated heterocycles. The molecule has 0 atom stereocenters.